The Bertz CT molecular complexity index is 601. The number of carbonyl (C=O) groups is 2. The minimum atomic E-state index is -1.07. The highest BCUT2D eigenvalue weighted by Crippen LogP contribution is 2.12. The minimum absolute atomic E-state index is 0.0756. The lowest BCUT2D eigenvalue weighted by Gasteiger charge is -2.03. The third kappa shape index (κ3) is 3.01. The van der Waals surface area contributed by atoms with Gasteiger partial charge in [-0.2, -0.15) is 0 Å². The maximum atomic E-state index is 11.8. The van der Waals surface area contributed by atoms with Crippen molar-refractivity contribution in [1.29, 1.82) is 0 Å². The normalized spacial score (nSPS) is 10.2. The molecule has 2 aromatic rings. The zero-order chi connectivity index (χ0) is 13.8. The van der Waals surface area contributed by atoms with Crippen molar-refractivity contribution in [2.45, 2.75) is 13.5 Å². The lowest BCUT2D eigenvalue weighted by Crippen LogP contribution is -2.05. The number of aromatic carboxylic acids is 1. The second-order valence-electron chi connectivity index (χ2n) is 4.09. The predicted octanol–water partition coefficient (Wildman–Crippen LogP) is 2.38. The molecule has 0 unspecified atom stereocenters. The number of aromatic amines is 1. The topological polar surface area (TPSA) is 79.4 Å². The van der Waals surface area contributed by atoms with Crippen molar-refractivity contribution in [1.82, 2.24) is 4.98 Å². The van der Waals surface area contributed by atoms with E-state index in [2.05, 4.69) is 4.98 Å². The number of benzene rings is 1. The SMILES string of the molecule is Cc1[nH]c(C(=O)OCc2ccccc2)cc1C(=O)O. The number of H-pyrrole nitrogens is 1. The summed E-state index contributed by atoms with van der Waals surface area (Å²) in [5.41, 5.74) is 1.52. The smallest absolute Gasteiger partial charge is 0.355 e. The Hall–Kier alpha value is -2.56. The summed E-state index contributed by atoms with van der Waals surface area (Å²) in [5, 5.41) is 8.90. The van der Waals surface area contributed by atoms with Crippen LogP contribution in [0.3, 0.4) is 0 Å². The second kappa shape index (κ2) is 5.39. The van der Waals surface area contributed by atoms with Crippen LogP contribution in [0.1, 0.15) is 32.1 Å². The summed E-state index contributed by atoms with van der Waals surface area (Å²) in [6, 6.07) is 10.5. The third-order valence-corrected chi connectivity index (χ3v) is 2.68. The molecular weight excluding hydrogens is 246 g/mol. The Kier molecular flexibility index (Phi) is 3.66. The number of hydrogen-bond acceptors (Lipinski definition) is 3. The number of aromatic nitrogens is 1. The van der Waals surface area contributed by atoms with Crippen molar-refractivity contribution in [2.24, 2.45) is 0 Å². The molecule has 0 amide bonds. The van der Waals surface area contributed by atoms with Crippen molar-refractivity contribution < 1.29 is 19.4 Å². The Morgan fingerprint density at radius 1 is 1.26 bits per heavy atom. The summed E-state index contributed by atoms with van der Waals surface area (Å²) < 4.78 is 5.10. The van der Waals surface area contributed by atoms with Gasteiger partial charge in [0.25, 0.3) is 0 Å². The monoisotopic (exact) mass is 259 g/mol. The first-order chi connectivity index (χ1) is 9.08. The van der Waals surface area contributed by atoms with Gasteiger partial charge in [0.15, 0.2) is 0 Å². The lowest BCUT2D eigenvalue weighted by atomic mass is 10.2. The second-order valence-corrected chi connectivity index (χ2v) is 4.09. The van der Waals surface area contributed by atoms with Gasteiger partial charge in [-0.05, 0) is 18.6 Å². The molecule has 1 aromatic carbocycles. The number of rotatable bonds is 4. The van der Waals surface area contributed by atoms with Crippen LogP contribution in [0.15, 0.2) is 36.4 Å². The van der Waals surface area contributed by atoms with Crippen LogP contribution >= 0.6 is 0 Å². The zero-order valence-electron chi connectivity index (χ0n) is 10.3. The highest BCUT2D eigenvalue weighted by molar-refractivity contribution is 5.94. The van der Waals surface area contributed by atoms with E-state index in [-0.39, 0.29) is 17.9 Å². The molecule has 1 heterocycles. The van der Waals surface area contributed by atoms with Crippen molar-refractivity contribution in [3.8, 4) is 0 Å². The molecule has 2 rings (SSSR count). The van der Waals surface area contributed by atoms with Crippen LogP contribution in [0.25, 0.3) is 0 Å². The van der Waals surface area contributed by atoms with Gasteiger partial charge in [-0.25, -0.2) is 9.59 Å². The first-order valence-electron chi connectivity index (χ1n) is 5.72. The van der Waals surface area contributed by atoms with Crippen LogP contribution in [-0.2, 0) is 11.3 Å². The van der Waals surface area contributed by atoms with Gasteiger partial charge in [0.2, 0.25) is 0 Å². The van der Waals surface area contributed by atoms with Gasteiger partial charge < -0.3 is 14.8 Å². The zero-order valence-corrected chi connectivity index (χ0v) is 10.3. The summed E-state index contributed by atoms with van der Waals surface area (Å²) in [5.74, 6) is -1.64. The van der Waals surface area contributed by atoms with Crippen molar-refractivity contribution in [2.75, 3.05) is 0 Å². The summed E-state index contributed by atoms with van der Waals surface area (Å²) >= 11 is 0. The van der Waals surface area contributed by atoms with Crippen LogP contribution < -0.4 is 0 Å². The Morgan fingerprint density at radius 3 is 2.53 bits per heavy atom. The van der Waals surface area contributed by atoms with Crippen LogP contribution in [0.4, 0.5) is 0 Å². The quantitative estimate of drug-likeness (QED) is 0.826. The Morgan fingerprint density at radius 2 is 1.95 bits per heavy atom. The molecule has 5 nitrogen and oxygen atoms in total. The van der Waals surface area contributed by atoms with E-state index >= 15 is 0 Å². The summed E-state index contributed by atoms with van der Waals surface area (Å²) in [7, 11) is 0. The fourth-order valence-electron chi connectivity index (χ4n) is 1.69. The van der Waals surface area contributed by atoms with Gasteiger partial charge in [-0.15, -0.1) is 0 Å². The molecule has 0 aliphatic rings. The fourth-order valence-corrected chi connectivity index (χ4v) is 1.69. The Balaban J connectivity index is 2.04. The molecule has 98 valence electrons. The van der Waals surface area contributed by atoms with Crippen molar-refractivity contribution in [3.05, 3.63) is 58.9 Å². The molecule has 0 saturated carbocycles. The number of aryl methyl sites for hydroxylation is 1. The average molecular weight is 259 g/mol. The molecule has 0 saturated heterocycles. The van der Waals surface area contributed by atoms with E-state index in [1.165, 1.54) is 6.07 Å². The number of carboxylic acid groups (broad SMARTS) is 1. The van der Waals surface area contributed by atoms with E-state index in [0.717, 1.165) is 5.56 Å². The largest absolute Gasteiger partial charge is 0.478 e. The fraction of sp³-hybridized carbons (Fsp3) is 0.143. The van der Waals surface area contributed by atoms with Crippen molar-refractivity contribution >= 4 is 11.9 Å². The van der Waals surface area contributed by atoms with Crippen LogP contribution in [-0.4, -0.2) is 22.0 Å². The maximum Gasteiger partial charge on any atom is 0.355 e. The number of hydrogen-bond donors (Lipinski definition) is 2. The number of nitrogens with one attached hydrogen (secondary N) is 1. The third-order valence-electron chi connectivity index (χ3n) is 2.68. The average Bonchev–Trinajstić information content (AvgIpc) is 2.79. The number of ether oxygens (including phenoxy) is 1. The van der Waals surface area contributed by atoms with E-state index in [0.29, 0.717) is 5.69 Å². The molecule has 2 N–H and O–H groups in total. The van der Waals surface area contributed by atoms with Gasteiger partial charge in [0.05, 0.1) is 5.56 Å². The van der Waals surface area contributed by atoms with Gasteiger partial charge in [-0.3, -0.25) is 0 Å². The molecule has 0 spiro atoms. The van der Waals surface area contributed by atoms with Crippen molar-refractivity contribution in [3.63, 3.8) is 0 Å². The molecule has 5 heteroatoms. The van der Waals surface area contributed by atoms with Crippen LogP contribution in [0.2, 0.25) is 0 Å². The standard InChI is InChI=1S/C14H13NO4/c1-9-11(13(16)17)7-12(15-9)14(18)19-8-10-5-3-2-4-6-10/h2-7,15H,8H2,1H3,(H,16,17). The first-order valence-corrected chi connectivity index (χ1v) is 5.72. The van der Waals surface area contributed by atoms with Gasteiger partial charge >= 0.3 is 11.9 Å². The first kappa shape index (κ1) is 12.9. The number of carboxylic acids is 1. The number of carbonyl (C=O) groups excluding carboxylic acids is 1. The highest BCUT2D eigenvalue weighted by atomic mass is 16.5. The molecule has 19 heavy (non-hydrogen) atoms. The van der Waals surface area contributed by atoms with E-state index in [1.807, 2.05) is 30.3 Å². The van der Waals surface area contributed by atoms with Gasteiger partial charge in [0, 0.05) is 5.69 Å². The Labute approximate surface area is 109 Å². The molecule has 1 aromatic heterocycles. The molecule has 0 fully saturated rings. The predicted molar refractivity (Wildman–Crippen MR) is 68.1 cm³/mol. The summed E-state index contributed by atoms with van der Waals surface area (Å²) in [6.45, 7) is 1.75. The van der Waals surface area contributed by atoms with E-state index in [9.17, 15) is 9.59 Å². The van der Waals surface area contributed by atoms with E-state index in [4.69, 9.17) is 9.84 Å². The minimum Gasteiger partial charge on any atom is -0.478 e. The van der Waals surface area contributed by atoms with Gasteiger partial charge in [0.1, 0.15) is 12.3 Å². The van der Waals surface area contributed by atoms with E-state index in [1.54, 1.807) is 6.92 Å². The molecule has 0 aliphatic carbocycles. The van der Waals surface area contributed by atoms with Crippen LogP contribution in [0, 0.1) is 6.92 Å². The summed E-state index contributed by atoms with van der Waals surface area (Å²) in [4.78, 5) is 25.3. The molecule has 0 aliphatic heterocycles. The summed E-state index contributed by atoms with van der Waals surface area (Å²) in [6.07, 6.45) is 0. The molecule has 0 atom stereocenters. The van der Waals surface area contributed by atoms with Crippen LogP contribution in [0.5, 0.6) is 0 Å². The van der Waals surface area contributed by atoms with Gasteiger partial charge in [-0.1, -0.05) is 30.3 Å². The molecular formula is C14H13NO4. The molecule has 0 radical (unpaired) electrons. The van der Waals surface area contributed by atoms with E-state index < -0.39 is 11.9 Å². The lowest BCUT2D eigenvalue weighted by molar-refractivity contribution is 0.0466. The number of esters is 1. The maximum absolute atomic E-state index is 11.8. The highest BCUT2D eigenvalue weighted by Gasteiger charge is 2.16. The molecule has 0 bridgehead atoms.